The standard InChI is InChI=1S/C12H21N3O2/c1-9-7-15(6-5-12(9,14)8-13)10(16)17-11(2,3)4/h9H,5-7,14H2,1-4H3. The van der Waals surface area contributed by atoms with Crippen LogP contribution in [0.1, 0.15) is 34.1 Å². The second-order valence-electron chi connectivity index (χ2n) is 5.73. The van der Waals surface area contributed by atoms with Gasteiger partial charge in [0.25, 0.3) is 0 Å². The second-order valence-corrected chi connectivity index (χ2v) is 5.73. The molecular weight excluding hydrogens is 218 g/mol. The normalized spacial score (nSPS) is 29.6. The molecule has 0 aromatic heterocycles. The molecule has 1 amide bonds. The number of carbonyl (C=O) groups excluding carboxylic acids is 1. The predicted octanol–water partition coefficient (Wildman–Crippen LogP) is 1.48. The summed E-state index contributed by atoms with van der Waals surface area (Å²) < 4.78 is 5.29. The fourth-order valence-electron chi connectivity index (χ4n) is 1.81. The lowest BCUT2D eigenvalue weighted by Gasteiger charge is -2.40. The van der Waals surface area contributed by atoms with Crippen LogP contribution >= 0.6 is 0 Å². The van der Waals surface area contributed by atoms with Crippen LogP contribution in [-0.2, 0) is 4.74 Å². The van der Waals surface area contributed by atoms with Crippen molar-refractivity contribution < 1.29 is 9.53 Å². The summed E-state index contributed by atoms with van der Waals surface area (Å²) in [5.41, 5.74) is 4.64. The molecule has 0 bridgehead atoms. The third-order valence-electron chi connectivity index (χ3n) is 3.03. The zero-order chi connectivity index (χ0) is 13.3. The summed E-state index contributed by atoms with van der Waals surface area (Å²) in [5, 5.41) is 9.02. The molecule has 0 aliphatic carbocycles. The molecule has 1 fully saturated rings. The Kier molecular flexibility index (Phi) is 3.68. The van der Waals surface area contributed by atoms with Gasteiger partial charge in [0.1, 0.15) is 11.1 Å². The summed E-state index contributed by atoms with van der Waals surface area (Å²) in [7, 11) is 0. The van der Waals surface area contributed by atoms with Crippen LogP contribution in [0.25, 0.3) is 0 Å². The first kappa shape index (κ1) is 13.8. The molecule has 0 aromatic carbocycles. The van der Waals surface area contributed by atoms with Gasteiger partial charge in [0, 0.05) is 19.0 Å². The molecule has 0 saturated carbocycles. The average molecular weight is 239 g/mol. The highest BCUT2D eigenvalue weighted by Gasteiger charge is 2.39. The van der Waals surface area contributed by atoms with Gasteiger partial charge in [-0.2, -0.15) is 5.26 Å². The first-order valence-electron chi connectivity index (χ1n) is 5.86. The van der Waals surface area contributed by atoms with Crippen molar-refractivity contribution in [2.45, 2.75) is 45.3 Å². The number of nitriles is 1. The van der Waals surface area contributed by atoms with Crippen molar-refractivity contribution in [1.29, 1.82) is 5.26 Å². The molecule has 0 aromatic rings. The van der Waals surface area contributed by atoms with Crippen LogP contribution < -0.4 is 5.73 Å². The molecule has 0 radical (unpaired) electrons. The van der Waals surface area contributed by atoms with Crippen LogP contribution in [0.5, 0.6) is 0 Å². The van der Waals surface area contributed by atoms with Gasteiger partial charge in [-0.3, -0.25) is 0 Å². The fourth-order valence-corrected chi connectivity index (χ4v) is 1.81. The smallest absolute Gasteiger partial charge is 0.410 e. The Morgan fingerprint density at radius 3 is 2.59 bits per heavy atom. The van der Waals surface area contributed by atoms with E-state index in [2.05, 4.69) is 6.07 Å². The van der Waals surface area contributed by atoms with E-state index in [1.165, 1.54) is 0 Å². The molecule has 2 unspecified atom stereocenters. The first-order valence-corrected chi connectivity index (χ1v) is 5.86. The van der Waals surface area contributed by atoms with Crippen molar-refractivity contribution in [3.05, 3.63) is 0 Å². The maximum Gasteiger partial charge on any atom is 0.410 e. The number of ether oxygens (including phenoxy) is 1. The quantitative estimate of drug-likeness (QED) is 0.694. The van der Waals surface area contributed by atoms with E-state index in [0.29, 0.717) is 19.5 Å². The molecule has 96 valence electrons. The van der Waals surface area contributed by atoms with Gasteiger partial charge in [-0.15, -0.1) is 0 Å². The number of hydrogen-bond donors (Lipinski definition) is 1. The van der Waals surface area contributed by atoms with Crippen molar-refractivity contribution in [2.24, 2.45) is 11.7 Å². The highest BCUT2D eigenvalue weighted by Crippen LogP contribution is 2.25. The summed E-state index contributed by atoms with van der Waals surface area (Å²) in [5.74, 6) is -0.0474. The Hall–Kier alpha value is -1.28. The number of nitrogens with two attached hydrogens (primary N) is 1. The molecule has 1 aliphatic heterocycles. The van der Waals surface area contributed by atoms with Gasteiger partial charge in [0.2, 0.25) is 0 Å². The topological polar surface area (TPSA) is 79.3 Å². The van der Waals surface area contributed by atoms with Gasteiger partial charge in [0.05, 0.1) is 6.07 Å². The molecule has 5 heteroatoms. The largest absolute Gasteiger partial charge is 0.444 e. The third kappa shape index (κ3) is 3.34. The molecular formula is C12H21N3O2. The minimum atomic E-state index is -0.821. The number of piperidine rings is 1. The molecule has 1 heterocycles. The minimum Gasteiger partial charge on any atom is -0.444 e. The Morgan fingerprint density at radius 1 is 1.59 bits per heavy atom. The molecule has 1 rings (SSSR count). The van der Waals surface area contributed by atoms with Gasteiger partial charge >= 0.3 is 6.09 Å². The summed E-state index contributed by atoms with van der Waals surface area (Å²) in [6.07, 6.45) is 0.161. The number of amides is 1. The highest BCUT2D eigenvalue weighted by atomic mass is 16.6. The van der Waals surface area contributed by atoms with E-state index in [9.17, 15) is 4.79 Å². The Morgan fingerprint density at radius 2 is 2.18 bits per heavy atom. The van der Waals surface area contributed by atoms with E-state index < -0.39 is 11.1 Å². The molecule has 5 nitrogen and oxygen atoms in total. The van der Waals surface area contributed by atoms with Crippen molar-refractivity contribution >= 4 is 6.09 Å². The second kappa shape index (κ2) is 4.53. The van der Waals surface area contributed by atoms with Gasteiger partial charge in [-0.05, 0) is 27.2 Å². The van der Waals surface area contributed by atoms with Gasteiger partial charge in [-0.1, -0.05) is 6.92 Å². The van der Waals surface area contributed by atoms with E-state index in [4.69, 9.17) is 15.7 Å². The lowest BCUT2D eigenvalue weighted by atomic mass is 9.81. The summed E-state index contributed by atoms with van der Waals surface area (Å²) in [6.45, 7) is 8.34. The van der Waals surface area contributed by atoms with E-state index in [1.54, 1.807) is 4.90 Å². The Balaban J connectivity index is 2.62. The van der Waals surface area contributed by atoms with Crippen LogP contribution in [0.3, 0.4) is 0 Å². The van der Waals surface area contributed by atoms with Crippen LogP contribution in [0.4, 0.5) is 4.79 Å². The SMILES string of the molecule is CC1CN(C(=O)OC(C)(C)C)CCC1(N)C#N. The molecule has 0 spiro atoms. The maximum atomic E-state index is 11.8. The maximum absolute atomic E-state index is 11.8. The lowest BCUT2D eigenvalue weighted by molar-refractivity contribution is 0.0126. The first-order chi connectivity index (χ1) is 7.68. The van der Waals surface area contributed by atoms with Gasteiger partial charge < -0.3 is 15.4 Å². The lowest BCUT2D eigenvalue weighted by Crippen LogP contribution is -2.57. The zero-order valence-electron chi connectivity index (χ0n) is 11.0. The van der Waals surface area contributed by atoms with Crippen molar-refractivity contribution in [1.82, 2.24) is 4.90 Å². The van der Waals surface area contributed by atoms with Crippen LogP contribution in [0.2, 0.25) is 0 Å². The number of hydrogen-bond acceptors (Lipinski definition) is 4. The van der Waals surface area contributed by atoms with Crippen LogP contribution in [0, 0.1) is 17.2 Å². The van der Waals surface area contributed by atoms with E-state index >= 15 is 0 Å². The van der Waals surface area contributed by atoms with Crippen LogP contribution in [-0.4, -0.2) is 35.2 Å². The van der Waals surface area contributed by atoms with Crippen molar-refractivity contribution in [3.8, 4) is 6.07 Å². The summed E-state index contributed by atoms with van der Waals surface area (Å²) >= 11 is 0. The minimum absolute atomic E-state index is 0.0474. The van der Waals surface area contributed by atoms with Gasteiger partial charge in [-0.25, -0.2) is 4.79 Å². The zero-order valence-corrected chi connectivity index (χ0v) is 11.0. The third-order valence-corrected chi connectivity index (χ3v) is 3.03. The number of carbonyl (C=O) groups is 1. The number of nitrogens with zero attached hydrogens (tertiary/aromatic N) is 2. The van der Waals surface area contributed by atoms with E-state index in [-0.39, 0.29) is 12.0 Å². The van der Waals surface area contributed by atoms with E-state index in [0.717, 1.165) is 0 Å². The fraction of sp³-hybridized carbons (Fsp3) is 0.833. The molecule has 1 saturated heterocycles. The molecule has 17 heavy (non-hydrogen) atoms. The van der Waals surface area contributed by atoms with Gasteiger partial charge in [0.15, 0.2) is 0 Å². The average Bonchev–Trinajstić information content (AvgIpc) is 2.19. The van der Waals surface area contributed by atoms with Crippen LogP contribution in [0.15, 0.2) is 0 Å². The Labute approximate surface area is 103 Å². The molecule has 1 aliphatic rings. The molecule has 2 N–H and O–H groups in total. The highest BCUT2D eigenvalue weighted by molar-refractivity contribution is 5.68. The van der Waals surface area contributed by atoms with E-state index in [1.807, 2.05) is 27.7 Å². The summed E-state index contributed by atoms with van der Waals surface area (Å²) in [6, 6.07) is 2.14. The van der Waals surface area contributed by atoms with Crippen molar-refractivity contribution in [3.63, 3.8) is 0 Å². The Bertz CT molecular complexity index is 343. The number of likely N-dealkylation sites (tertiary alicyclic amines) is 1. The summed E-state index contributed by atoms with van der Waals surface area (Å²) in [4.78, 5) is 13.5. The molecule has 2 atom stereocenters. The predicted molar refractivity (Wildman–Crippen MR) is 64.1 cm³/mol. The van der Waals surface area contributed by atoms with Crippen molar-refractivity contribution in [2.75, 3.05) is 13.1 Å². The number of rotatable bonds is 0. The monoisotopic (exact) mass is 239 g/mol.